The van der Waals surface area contributed by atoms with E-state index in [0.717, 1.165) is 0 Å². The molecule has 1 aromatic carbocycles. The molecule has 0 radical (unpaired) electrons. The van der Waals surface area contributed by atoms with Gasteiger partial charge in [0.1, 0.15) is 0 Å². The number of halogens is 3. The number of alkyl halides is 3. The van der Waals surface area contributed by atoms with Gasteiger partial charge in [-0.3, -0.25) is 4.79 Å². The van der Waals surface area contributed by atoms with Gasteiger partial charge in [0.2, 0.25) is 0 Å². The maximum absolute atomic E-state index is 12.7. The van der Waals surface area contributed by atoms with Crippen LogP contribution in [0.3, 0.4) is 0 Å². The minimum absolute atomic E-state index is 0.0698. The Balaban J connectivity index is 2.46. The molecule has 1 nitrogen and oxygen atoms in total. The Morgan fingerprint density at radius 2 is 1.94 bits per heavy atom. The molecule has 1 aliphatic carbocycles. The Morgan fingerprint density at radius 3 is 2.47 bits per heavy atom. The Hall–Kier alpha value is -1.58. The molecule has 0 heterocycles. The second-order valence-corrected chi connectivity index (χ2v) is 4.47. The maximum Gasteiger partial charge on any atom is 0.413 e. The average molecular weight is 240 g/mol. The average Bonchev–Trinajstić information content (AvgIpc) is 2.51. The van der Waals surface area contributed by atoms with E-state index in [1.165, 1.54) is 6.92 Å². The van der Waals surface area contributed by atoms with E-state index in [0.29, 0.717) is 11.1 Å². The highest BCUT2D eigenvalue weighted by atomic mass is 19.4. The van der Waals surface area contributed by atoms with Gasteiger partial charge in [0.05, 0.1) is 5.41 Å². The van der Waals surface area contributed by atoms with Crippen LogP contribution >= 0.6 is 0 Å². The van der Waals surface area contributed by atoms with Crippen LogP contribution in [-0.2, 0) is 6.42 Å². The van der Waals surface area contributed by atoms with Gasteiger partial charge in [0.25, 0.3) is 0 Å². The van der Waals surface area contributed by atoms with Crippen molar-refractivity contribution < 1.29 is 18.0 Å². The number of hydrogen-bond acceptors (Lipinski definition) is 1. The smallest absolute Gasteiger partial charge is 0.293 e. The van der Waals surface area contributed by atoms with Crippen LogP contribution in [0, 0.1) is 5.41 Å². The van der Waals surface area contributed by atoms with Gasteiger partial charge in [-0.1, -0.05) is 30.8 Å². The Kier molecular flexibility index (Phi) is 2.42. The highest BCUT2D eigenvalue weighted by Crippen LogP contribution is 2.47. The Labute approximate surface area is 96.9 Å². The van der Waals surface area contributed by atoms with Crippen molar-refractivity contribution in [2.45, 2.75) is 19.5 Å². The molecule has 1 aliphatic rings. The minimum atomic E-state index is -4.54. The normalized spacial score (nSPS) is 23.6. The van der Waals surface area contributed by atoms with Crippen molar-refractivity contribution in [3.63, 3.8) is 0 Å². The molecule has 0 saturated carbocycles. The summed E-state index contributed by atoms with van der Waals surface area (Å²) in [4.78, 5) is 12.0. The topological polar surface area (TPSA) is 17.1 Å². The van der Waals surface area contributed by atoms with Crippen molar-refractivity contribution in [3.8, 4) is 0 Å². The summed E-state index contributed by atoms with van der Waals surface area (Å²) < 4.78 is 38.1. The van der Waals surface area contributed by atoms with Gasteiger partial charge in [0.15, 0.2) is 5.78 Å². The van der Waals surface area contributed by atoms with Crippen LogP contribution in [-0.4, -0.2) is 12.0 Å². The van der Waals surface area contributed by atoms with E-state index in [2.05, 4.69) is 6.58 Å². The van der Waals surface area contributed by atoms with E-state index >= 15 is 0 Å². The molecule has 90 valence electrons. The fourth-order valence-corrected chi connectivity index (χ4v) is 2.21. The summed E-state index contributed by atoms with van der Waals surface area (Å²) in [6.07, 6.45) is -4.47. The summed E-state index contributed by atoms with van der Waals surface area (Å²) in [5.41, 5.74) is -1.49. The second kappa shape index (κ2) is 3.45. The van der Waals surface area contributed by atoms with Crippen molar-refractivity contribution in [1.82, 2.24) is 0 Å². The molecule has 0 amide bonds. The number of Topliss-reactive ketones (excluding diaryl/α,β-unsaturated/α-hetero) is 1. The number of rotatable bonds is 1. The fraction of sp³-hybridized carbons (Fsp3) is 0.308. The molecule has 0 fully saturated rings. The zero-order valence-electron chi connectivity index (χ0n) is 9.27. The first-order chi connectivity index (χ1) is 7.77. The molecule has 0 bridgehead atoms. The highest BCUT2D eigenvalue weighted by Gasteiger charge is 2.52. The molecule has 4 heteroatoms. The van der Waals surface area contributed by atoms with Gasteiger partial charge in [-0.2, -0.15) is 13.2 Å². The van der Waals surface area contributed by atoms with Crippen LogP contribution in [0.5, 0.6) is 0 Å². The van der Waals surface area contributed by atoms with Crippen molar-refractivity contribution in [1.29, 1.82) is 0 Å². The third kappa shape index (κ3) is 1.68. The lowest BCUT2D eigenvalue weighted by molar-refractivity contribution is -0.102. The summed E-state index contributed by atoms with van der Waals surface area (Å²) in [6.45, 7) is 4.38. The highest BCUT2D eigenvalue weighted by molar-refractivity contribution is 6.06. The van der Waals surface area contributed by atoms with E-state index < -0.39 is 22.9 Å². The number of carbonyl (C=O) groups excluding carboxylic acids is 1. The fourth-order valence-electron chi connectivity index (χ4n) is 2.21. The number of hydrogen-bond donors (Lipinski definition) is 0. The standard InChI is InChI=1S/C13H11F3O/c1-8(13(14,15)16)12(2)7-9-5-3-4-6-10(9)11(12)17/h3-6H,1,7H2,2H3. The number of benzene rings is 1. The van der Waals surface area contributed by atoms with Crippen LogP contribution in [0.4, 0.5) is 13.2 Å². The van der Waals surface area contributed by atoms with E-state index in [-0.39, 0.29) is 6.42 Å². The minimum Gasteiger partial charge on any atom is -0.293 e. The van der Waals surface area contributed by atoms with E-state index in [9.17, 15) is 18.0 Å². The van der Waals surface area contributed by atoms with Gasteiger partial charge in [-0.05, 0) is 18.9 Å². The molecule has 0 aliphatic heterocycles. The van der Waals surface area contributed by atoms with Crippen molar-refractivity contribution in [3.05, 3.63) is 47.5 Å². The number of carbonyl (C=O) groups is 1. The third-order valence-electron chi connectivity index (χ3n) is 3.32. The van der Waals surface area contributed by atoms with Gasteiger partial charge in [-0.25, -0.2) is 0 Å². The molecule has 1 atom stereocenters. The van der Waals surface area contributed by atoms with Crippen LogP contribution in [0.1, 0.15) is 22.8 Å². The van der Waals surface area contributed by atoms with Crippen molar-refractivity contribution >= 4 is 5.78 Å². The lowest BCUT2D eigenvalue weighted by Crippen LogP contribution is -2.33. The molecule has 0 N–H and O–H groups in total. The van der Waals surface area contributed by atoms with Gasteiger partial charge < -0.3 is 0 Å². The van der Waals surface area contributed by atoms with Crippen molar-refractivity contribution in [2.24, 2.45) is 5.41 Å². The van der Waals surface area contributed by atoms with Gasteiger partial charge >= 0.3 is 6.18 Å². The summed E-state index contributed by atoms with van der Waals surface area (Å²) in [5.74, 6) is -0.490. The molecule has 1 unspecified atom stereocenters. The van der Waals surface area contributed by atoms with Crippen LogP contribution in [0.15, 0.2) is 36.4 Å². The van der Waals surface area contributed by atoms with E-state index in [1.807, 2.05) is 0 Å². The van der Waals surface area contributed by atoms with Crippen molar-refractivity contribution in [2.75, 3.05) is 0 Å². The first kappa shape index (κ1) is 11.9. The predicted octanol–water partition coefficient (Wildman–Crippen LogP) is 3.55. The Morgan fingerprint density at radius 1 is 1.35 bits per heavy atom. The number of ketones is 1. The maximum atomic E-state index is 12.7. The lowest BCUT2D eigenvalue weighted by Gasteiger charge is -2.26. The number of fused-ring (bicyclic) bond motifs is 1. The molecule has 0 saturated heterocycles. The lowest BCUT2D eigenvalue weighted by atomic mass is 9.79. The molecule has 2 rings (SSSR count). The van der Waals surface area contributed by atoms with Gasteiger partial charge in [-0.15, -0.1) is 0 Å². The van der Waals surface area contributed by atoms with Crippen LogP contribution in [0.25, 0.3) is 0 Å². The van der Waals surface area contributed by atoms with E-state index in [4.69, 9.17) is 0 Å². The zero-order valence-corrected chi connectivity index (χ0v) is 9.27. The molecular formula is C13H11F3O. The second-order valence-electron chi connectivity index (χ2n) is 4.47. The number of allylic oxidation sites excluding steroid dienone is 1. The first-order valence-corrected chi connectivity index (χ1v) is 5.16. The summed E-state index contributed by atoms with van der Waals surface area (Å²) in [6, 6.07) is 6.61. The van der Waals surface area contributed by atoms with Crippen LogP contribution < -0.4 is 0 Å². The Bertz CT molecular complexity index is 502. The third-order valence-corrected chi connectivity index (χ3v) is 3.32. The molecule has 17 heavy (non-hydrogen) atoms. The first-order valence-electron chi connectivity index (χ1n) is 5.16. The summed E-state index contributed by atoms with van der Waals surface area (Å²) in [5, 5.41) is 0. The quantitative estimate of drug-likeness (QED) is 0.686. The molecule has 0 spiro atoms. The summed E-state index contributed by atoms with van der Waals surface area (Å²) in [7, 11) is 0. The molecule has 1 aromatic rings. The molecule has 0 aromatic heterocycles. The molecular weight excluding hydrogens is 229 g/mol. The predicted molar refractivity (Wildman–Crippen MR) is 57.8 cm³/mol. The SMILES string of the molecule is C=C(C(F)(F)F)C1(C)Cc2ccccc2C1=O. The van der Waals surface area contributed by atoms with Crippen LogP contribution in [0.2, 0.25) is 0 Å². The van der Waals surface area contributed by atoms with Gasteiger partial charge in [0, 0.05) is 11.1 Å². The largest absolute Gasteiger partial charge is 0.413 e. The van der Waals surface area contributed by atoms with E-state index in [1.54, 1.807) is 24.3 Å². The monoisotopic (exact) mass is 240 g/mol. The summed E-state index contributed by atoms with van der Waals surface area (Å²) >= 11 is 0. The zero-order chi connectivity index (χ0) is 12.8.